The number of hydrogen-bond acceptors (Lipinski definition) is 16. The minimum absolute atomic E-state index is 0.0160. The summed E-state index contributed by atoms with van der Waals surface area (Å²) in [6, 6.07) is 0. The molecule has 2 saturated heterocycles. The number of aromatic hydroxyl groups is 2. The maximum absolute atomic E-state index is 15.0. The lowest BCUT2D eigenvalue weighted by molar-refractivity contribution is -0.165. The lowest BCUT2D eigenvalue weighted by Crippen LogP contribution is -2.50. The van der Waals surface area contributed by atoms with E-state index in [4.69, 9.17) is 28.9 Å². The van der Waals surface area contributed by atoms with E-state index in [1.165, 1.54) is 58.5 Å². The third-order valence-corrected chi connectivity index (χ3v) is 17.1. The van der Waals surface area contributed by atoms with Crippen LogP contribution in [0.3, 0.4) is 0 Å². The maximum Gasteiger partial charge on any atom is 0.315 e. The van der Waals surface area contributed by atoms with Gasteiger partial charge in [0, 0.05) is 119 Å². The van der Waals surface area contributed by atoms with Gasteiger partial charge in [-0.2, -0.15) is 0 Å². The molecule has 5 bridgehead atoms. The molecule has 1 spiro atoms. The quantitative estimate of drug-likeness (QED) is 0.119. The topological polar surface area (TPSA) is 233 Å². The van der Waals surface area contributed by atoms with Crippen LogP contribution in [-0.2, 0) is 28.6 Å². The van der Waals surface area contributed by atoms with Gasteiger partial charge in [-0.25, -0.2) is 0 Å². The first-order valence-electron chi connectivity index (χ1n) is 27.7. The van der Waals surface area contributed by atoms with Crippen LogP contribution in [0.4, 0.5) is 5.69 Å². The van der Waals surface area contributed by atoms with E-state index in [0.29, 0.717) is 50.9 Å². The number of aliphatic hydroxyl groups excluding tert-OH is 2. The summed E-state index contributed by atoms with van der Waals surface area (Å²) in [5, 5.41) is 51.2. The number of likely N-dealkylation sites (tertiary alicyclic amines) is 1. The molecule has 6 aliphatic heterocycles. The number of anilines is 1. The van der Waals surface area contributed by atoms with E-state index in [1.54, 1.807) is 64.7 Å². The largest absolute Gasteiger partial charge is 0.507 e. The van der Waals surface area contributed by atoms with Crippen LogP contribution in [0.25, 0.3) is 10.8 Å². The monoisotopic (exact) mass is 1050 g/mol. The number of phenolic OH excluding ortho intramolecular Hbond substituents is 2. The molecule has 416 valence electrons. The van der Waals surface area contributed by atoms with E-state index in [9.17, 15) is 39.6 Å². The van der Waals surface area contributed by atoms with Gasteiger partial charge in [-0.15, -0.1) is 0 Å². The highest BCUT2D eigenvalue weighted by atomic mass is 16.7. The van der Waals surface area contributed by atoms with Crippen LogP contribution < -0.4 is 20.8 Å². The molecule has 2 aromatic rings. The number of piperidine rings is 1. The van der Waals surface area contributed by atoms with Gasteiger partial charge in [0.15, 0.2) is 11.4 Å². The SMILES string of the molecule is CO[C@H]1/C=C/O[C@@]2(C)Oc3c(C)c(O)c4c(O)c(c5c(c4c3C2=O)=NC2(CCN(CC(C)C)CC2)N=5)NC(=O)/C(C)=C\C=C\[C@H](C)[C@H](O)[C@@H](C)[C@@H](O)[C@@H](C)[C@H](OC(=O)CC(=O)N2CCN(CC3CCCCC3)CC2)[C@@H]1C. The van der Waals surface area contributed by atoms with Gasteiger partial charge in [0.25, 0.3) is 11.7 Å². The van der Waals surface area contributed by atoms with E-state index < -0.39 is 89.4 Å². The molecule has 0 aromatic heterocycles. The van der Waals surface area contributed by atoms with Crippen molar-refractivity contribution in [3.63, 3.8) is 0 Å². The van der Waals surface area contributed by atoms with Crippen LogP contribution in [0.15, 0.2) is 46.1 Å². The van der Waals surface area contributed by atoms with Crippen LogP contribution in [-0.4, -0.2) is 154 Å². The molecular weight excluding hydrogens is 973 g/mol. The Hall–Kier alpha value is -5.40. The molecular formula is C58H82N6O12. The fraction of sp³-hybridized carbons (Fsp3) is 0.655. The van der Waals surface area contributed by atoms with Crippen LogP contribution in [0.1, 0.15) is 123 Å². The zero-order valence-electron chi connectivity index (χ0n) is 46.3. The van der Waals surface area contributed by atoms with Crippen molar-refractivity contribution < 1.29 is 58.6 Å². The van der Waals surface area contributed by atoms with Gasteiger partial charge in [0.2, 0.25) is 5.91 Å². The number of hydrogen-bond donors (Lipinski definition) is 5. The number of Topliss-reactive ketones (excluding diaryl/α,β-unsaturated/α-hetero) is 1. The van der Waals surface area contributed by atoms with Crippen molar-refractivity contribution in [1.82, 2.24) is 14.7 Å². The van der Waals surface area contributed by atoms with Crippen molar-refractivity contribution in [1.29, 1.82) is 0 Å². The lowest BCUT2D eigenvalue weighted by atomic mass is 9.78. The van der Waals surface area contributed by atoms with Crippen molar-refractivity contribution in [2.45, 2.75) is 150 Å². The van der Waals surface area contributed by atoms with Gasteiger partial charge in [0.05, 0.1) is 40.9 Å². The highest BCUT2D eigenvalue weighted by molar-refractivity contribution is 6.19. The van der Waals surface area contributed by atoms with E-state index in [1.807, 2.05) is 0 Å². The number of nitrogens with zero attached hydrogens (tertiary/aromatic N) is 5. The minimum Gasteiger partial charge on any atom is -0.507 e. The summed E-state index contributed by atoms with van der Waals surface area (Å²) in [6.07, 6.45) is 10.3. The number of benzene rings is 2. The highest BCUT2D eigenvalue weighted by Crippen LogP contribution is 2.50. The van der Waals surface area contributed by atoms with E-state index in [0.717, 1.165) is 26.2 Å². The highest BCUT2D eigenvalue weighted by Gasteiger charge is 2.50. The molecule has 2 aromatic carbocycles. The van der Waals surface area contributed by atoms with E-state index in [-0.39, 0.29) is 61.3 Å². The smallest absolute Gasteiger partial charge is 0.315 e. The van der Waals surface area contributed by atoms with Crippen LogP contribution in [0.5, 0.6) is 17.2 Å². The molecule has 6 heterocycles. The van der Waals surface area contributed by atoms with Gasteiger partial charge in [0.1, 0.15) is 35.1 Å². The number of ketones is 1. The molecule has 9 atom stereocenters. The third-order valence-electron chi connectivity index (χ3n) is 17.1. The first kappa shape index (κ1) is 56.8. The number of amides is 2. The zero-order chi connectivity index (χ0) is 55.0. The number of aliphatic hydroxyl groups is 2. The number of carbonyl (C=O) groups is 4. The van der Waals surface area contributed by atoms with Crippen LogP contribution in [0, 0.1) is 42.4 Å². The normalized spacial score (nSPS) is 31.5. The number of fused-ring (bicyclic) bond motifs is 13. The Kier molecular flexibility index (Phi) is 17.4. The van der Waals surface area contributed by atoms with Crippen LogP contribution >= 0.6 is 0 Å². The second kappa shape index (κ2) is 23.3. The molecule has 1 aliphatic carbocycles. The number of methoxy groups -OCH3 is 1. The summed E-state index contributed by atoms with van der Waals surface area (Å²) in [7, 11) is 1.46. The number of ether oxygens (including phenoxy) is 4. The van der Waals surface area contributed by atoms with Crippen molar-refractivity contribution in [3.8, 4) is 17.2 Å². The number of esters is 1. The van der Waals surface area contributed by atoms with Crippen LogP contribution in [0.2, 0.25) is 0 Å². The summed E-state index contributed by atoms with van der Waals surface area (Å²) >= 11 is 0. The average molecular weight is 1060 g/mol. The van der Waals surface area contributed by atoms with Gasteiger partial charge in [-0.05, 0) is 44.6 Å². The number of allylic oxidation sites excluding steroid dienone is 2. The molecule has 5 N–H and O–H groups in total. The molecule has 0 unspecified atom stereocenters. The number of phenols is 2. The first-order chi connectivity index (χ1) is 36.1. The second-order valence-corrected chi connectivity index (χ2v) is 23.2. The summed E-state index contributed by atoms with van der Waals surface area (Å²) in [5.74, 6) is -6.89. The fourth-order valence-electron chi connectivity index (χ4n) is 12.4. The second-order valence-electron chi connectivity index (χ2n) is 23.2. The van der Waals surface area contributed by atoms with Gasteiger partial charge in [-0.1, -0.05) is 79.0 Å². The average Bonchev–Trinajstić information content (AvgIpc) is 3.90. The first-order valence-corrected chi connectivity index (χ1v) is 27.7. The summed E-state index contributed by atoms with van der Waals surface area (Å²) in [4.78, 5) is 73.5. The Labute approximate surface area is 446 Å². The van der Waals surface area contributed by atoms with Crippen molar-refractivity contribution in [2.24, 2.45) is 45.5 Å². The summed E-state index contributed by atoms with van der Waals surface area (Å²) in [5.41, 5.74) is -0.667. The molecule has 2 amide bonds. The number of carbonyl (C=O) groups excluding carboxylic acids is 4. The Balaban J connectivity index is 1.13. The van der Waals surface area contributed by atoms with Crippen molar-refractivity contribution in [3.05, 3.63) is 58.0 Å². The Bertz CT molecular complexity index is 2750. The third kappa shape index (κ3) is 11.6. The molecule has 0 radical (unpaired) electrons. The van der Waals surface area contributed by atoms with Gasteiger partial charge < -0.3 is 54.5 Å². The predicted octanol–water partition coefficient (Wildman–Crippen LogP) is 5.84. The molecule has 9 rings (SSSR count). The summed E-state index contributed by atoms with van der Waals surface area (Å²) in [6.45, 7) is 21.7. The Morgan fingerprint density at radius 1 is 0.855 bits per heavy atom. The predicted molar refractivity (Wildman–Crippen MR) is 286 cm³/mol. The fourth-order valence-corrected chi connectivity index (χ4v) is 12.4. The van der Waals surface area contributed by atoms with Gasteiger partial charge >= 0.3 is 11.8 Å². The molecule has 7 aliphatic rings. The van der Waals surface area contributed by atoms with Crippen molar-refractivity contribution in [2.75, 3.05) is 64.8 Å². The zero-order valence-corrected chi connectivity index (χ0v) is 46.3. The molecule has 18 nitrogen and oxygen atoms in total. The Morgan fingerprint density at radius 3 is 2.18 bits per heavy atom. The molecule has 76 heavy (non-hydrogen) atoms. The van der Waals surface area contributed by atoms with Crippen molar-refractivity contribution >= 4 is 40.0 Å². The van der Waals surface area contributed by atoms with E-state index in [2.05, 4.69) is 29.0 Å². The maximum atomic E-state index is 15.0. The Morgan fingerprint density at radius 2 is 1.53 bits per heavy atom. The number of rotatable bonds is 8. The molecule has 3 fully saturated rings. The number of nitrogens with one attached hydrogen (secondary N) is 1. The minimum atomic E-state index is -2.01. The lowest BCUT2D eigenvalue weighted by Gasteiger charge is -2.38. The molecule has 18 heteroatoms. The summed E-state index contributed by atoms with van der Waals surface area (Å²) < 4.78 is 24.8. The van der Waals surface area contributed by atoms with E-state index >= 15 is 0 Å². The molecule has 1 saturated carbocycles. The number of piperazine rings is 1. The standard InChI is InChI=1S/C58H82N6O12/c1-32(2)30-62-22-20-58(21-23-62)60-46-43-44-51(69)38(8)54-45(43)55(71)57(9,76-54)74-28-19-40(73-10)35(5)53(75-42(66)29-41(65)64-26-24-63(25-27-64)31-39-17-12-11-13-18-39)37(7)50(68)36(6)49(67)33(3)15-14-16-34(4)56(72)59-48(52(44)70)47(46)61-58/h14-16,19,28,32-33,35-37,39-40,49-50,53,67-70H,11-13,17-18,20-27,29-31H2,1-10H3,(H,59,72)/b15-14+,28-19+,34-16-/t33-,35+,36+,37+,40-,49-,50+,53+,57-/m0/s1. The van der Waals surface area contributed by atoms with Gasteiger partial charge in [-0.3, -0.25) is 34.1 Å².